The molecule has 1 saturated heterocycles. The molecule has 1 aromatic rings. The number of nitrogens with one attached hydrogen (secondary N) is 2. The minimum absolute atomic E-state index is 0.246. The third kappa shape index (κ3) is 6.10. The highest BCUT2D eigenvalue weighted by molar-refractivity contribution is 5.94. The highest BCUT2D eigenvalue weighted by atomic mass is 16.7. The quantitative estimate of drug-likeness (QED) is 0.794. The molecule has 3 amide bonds. The van der Waals surface area contributed by atoms with Crippen LogP contribution in [0.15, 0.2) is 18.2 Å². The first kappa shape index (κ1) is 20.4. The van der Waals surface area contributed by atoms with E-state index in [4.69, 9.17) is 9.47 Å². The van der Waals surface area contributed by atoms with E-state index in [2.05, 4.69) is 26.5 Å². The molecule has 0 aliphatic carbocycles. The maximum Gasteiger partial charge on any atom is 0.321 e. The van der Waals surface area contributed by atoms with Gasteiger partial charge in [-0.05, 0) is 38.5 Å². The van der Waals surface area contributed by atoms with Gasteiger partial charge in [-0.3, -0.25) is 15.0 Å². The summed E-state index contributed by atoms with van der Waals surface area (Å²) in [7, 11) is 0. The number of piperazine rings is 1. The van der Waals surface area contributed by atoms with Crippen molar-refractivity contribution in [3.63, 3.8) is 0 Å². The van der Waals surface area contributed by atoms with Crippen LogP contribution in [0.4, 0.5) is 4.79 Å². The van der Waals surface area contributed by atoms with E-state index in [1.165, 1.54) is 5.56 Å². The molecular formula is C20H30N4O4. The van der Waals surface area contributed by atoms with Gasteiger partial charge in [0.05, 0.1) is 0 Å². The van der Waals surface area contributed by atoms with E-state index < -0.39 is 6.03 Å². The monoisotopic (exact) mass is 390 g/mol. The maximum atomic E-state index is 11.9. The second-order valence-corrected chi connectivity index (χ2v) is 8.31. The summed E-state index contributed by atoms with van der Waals surface area (Å²) >= 11 is 0. The van der Waals surface area contributed by atoms with Gasteiger partial charge in [0.1, 0.15) is 0 Å². The average molecular weight is 390 g/mol. The second-order valence-electron chi connectivity index (χ2n) is 8.31. The van der Waals surface area contributed by atoms with Gasteiger partial charge < -0.3 is 19.7 Å². The minimum Gasteiger partial charge on any atom is -0.454 e. The van der Waals surface area contributed by atoms with Gasteiger partial charge in [-0.25, -0.2) is 4.79 Å². The Balaban J connectivity index is 1.35. The van der Waals surface area contributed by atoms with Crippen LogP contribution >= 0.6 is 0 Å². The lowest BCUT2D eigenvalue weighted by molar-refractivity contribution is -0.120. The number of fused-ring (bicyclic) bond motifs is 1. The third-order valence-corrected chi connectivity index (χ3v) is 4.70. The number of imide groups is 1. The fourth-order valence-electron chi connectivity index (χ4n) is 3.29. The number of amides is 3. The number of benzene rings is 1. The first-order valence-electron chi connectivity index (χ1n) is 9.74. The first-order valence-corrected chi connectivity index (χ1v) is 9.74. The van der Waals surface area contributed by atoms with Gasteiger partial charge >= 0.3 is 6.03 Å². The van der Waals surface area contributed by atoms with E-state index in [9.17, 15) is 9.59 Å². The van der Waals surface area contributed by atoms with Gasteiger partial charge in [-0.15, -0.1) is 0 Å². The lowest BCUT2D eigenvalue weighted by Gasteiger charge is -2.34. The molecule has 2 heterocycles. The second kappa shape index (κ2) is 8.79. The standard InChI is InChI=1S/C20H30N4O4/c1-20(2,3)22-19(26)21-18(25)6-7-23-8-10-24(11-9-23)13-15-4-5-16-17(12-15)28-14-27-16/h4-5,12H,6-11,13-14H2,1-3H3,(H2,21,22,25,26). The van der Waals surface area contributed by atoms with Crippen molar-refractivity contribution < 1.29 is 19.1 Å². The molecule has 0 atom stereocenters. The van der Waals surface area contributed by atoms with Crippen LogP contribution in [0.5, 0.6) is 11.5 Å². The predicted octanol–water partition coefficient (Wildman–Crippen LogP) is 1.55. The molecule has 1 aromatic carbocycles. The Kier molecular flexibility index (Phi) is 6.41. The minimum atomic E-state index is -0.439. The summed E-state index contributed by atoms with van der Waals surface area (Å²) in [4.78, 5) is 28.3. The van der Waals surface area contributed by atoms with Crippen molar-refractivity contribution in [3.05, 3.63) is 23.8 Å². The smallest absolute Gasteiger partial charge is 0.321 e. The van der Waals surface area contributed by atoms with Crippen LogP contribution in [0, 0.1) is 0 Å². The highest BCUT2D eigenvalue weighted by Crippen LogP contribution is 2.32. The summed E-state index contributed by atoms with van der Waals surface area (Å²) < 4.78 is 10.8. The van der Waals surface area contributed by atoms with Crippen LogP contribution in [-0.2, 0) is 11.3 Å². The van der Waals surface area contributed by atoms with Crippen LogP contribution in [0.1, 0.15) is 32.8 Å². The lowest BCUT2D eigenvalue weighted by Crippen LogP contribution is -2.49. The Labute approximate surface area is 166 Å². The predicted molar refractivity (Wildman–Crippen MR) is 105 cm³/mol. The number of ether oxygens (including phenoxy) is 2. The summed E-state index contributed by atoms with van der Waals surface area (Å²) in [5, 5.41) is 5.11. The van der Waals surface area contributed by atoms with Gasteiger partial charge in [0.15, 0.2) is 11.5 Å². The lowest BCUT2D eigenvalue weighted by atomic mass is 10.1. The molecule has 0 bridgehead atoms. The third-order valence-electron chi connectivity index (χ3n) is 4.70. The maximum absolute atomic E-state index is 11.9. The molecule has 154 valence electrons. The van der Waals surface area contributed by atoms with E-state index >= 15 is 0 Å². The Morgan fingerprint density at radius 3 is 2.43 bits per heavy atom. The van der Waals surface area contributed by atoms with Crippen LogP contribution in [0.2, 0.25) is 0 Å². The SMILES string of the molecule is CC(C)(C)NC(=O)NC(=O)CCN1CCN(Cc2ccc3c(c2)OCO3)CC1. The van der Waals surface area contributed by atoms with Crippen molar-refractivity contribution >= 4 is 11.9 Å². The zero-order valence-electron chi connectivity index (χ0n) is 16.9. The number of hydrogen-bond donors (Lipinski definition) is 2. The van der Waals surface area contributed by atoms with Crippen molar-refractivity contribution in [2.24, 2.45) is 0 Å². The Hall–Kier alpha value is -2.32. The molecule has 0 unspecified atom stereocenters. The van der Waals surface area contributed by atoms with E-state index in [0.29, 0.717) is 19.8 Å². The van der Waals surface area contributed by atoms with Crippen molar-refractivity contribution in [1.29, 1.82) is 0 Å². The topological polar surface area (TPSA) is 83.1 Å². The molecule has 1 fully saturated rings. The normalized spacial score (nSPS) is 17.4. The molecule has 0 radical (unpaired) electrons. The fourth-order valence-corrected chi connectivity index (χ4v) is 3.29. The molecule has 0 aromatic heterocycles. The number of rotatable bonds is 5. The van der Waals surface area contributed by atoms with E-state index in [0.717, 1.165) is 44.2 Å². The van der Waals surface area contributed by atoms with Gasteiger partial charge in [0.2, 0.25) is 12.7 Å². The van der Waals surface area contributed by atoms with Crippen molar-refractivity contribution in [1.82, 2.24) is 20.4 Å². The molecule has 2 aliphatic rings. The summed E-state index contributed by atoms with van der Waals surface area (Å²) in [5.41, 5.74) is 0.848. The molecule has 28 heavy (non-hydrogen) atoms. The van der Waals surface area contributed by atoms with E-state index in [1.54, 1.807) is 0 Å². The van der Waals surface area contributed by atoms with Crippen molar-refractivity contribution in [2.45, 2.75) is 39.3 Å². The highest BCUT2D eigenvalue weighted by Gasteiger charge is 2.20. The molecule has 2 N–H and O–H groups in total. The van der Waals surface area contributed by atoms with Crippen LogP contribution in [0.3, 0.4) is 0 Å². The first-order chi connectivity index (χ1) is 13.3. The van der Waals surface area contributed by atoms with E-state index in [-0.39, 0.29) is 11.4 Å². The molecule has 8 heteroatoms. The van der Waals surface area contributed by atoms with Gasteiger partial charge in [-0.1, -0.05) is 6.07 Å². The summed E-state index contributed by atoms with van der Waals surface area (Å²) in [6.45, 7) is 11.2. The van der Waals surface area contributed by atoms with Gasteiger partial charge in [-0.2, -0.15) is 0 Å². The number of urea groups is 1. The Bertz CT molecular complexity index is 709. The summed E-state index contributed by atoms with van der Waals surface area (Å²) in [6.07, 6.45) is 0.319. The molecular weight excluding hydrogens is 360 g/mol. The van der Waals surface area contributed by atoms with Crippen LogP contribution < -0.4 is 20.1 Å². The molecule has 3 rings (SSSR count). The number of carbonyl (C=O) groups is 2. The number of hydrogen-bond acceptors (Lipinski definition) is 6. The number of carbonyl (C=O) groups excluding carboxylic acids is 2. The number of nitrogens with zero attached hydrogens (tertiary/aromatic N) is 2. The zero-order chi connectivity index (χ0) is 20.1. The molecule has 0 saturated carbocycles. The summed E-state index contributed by atoms with van der Waals surface area (Å²) in [5.74, 6) is 1.38. The zero-order valence-corrected chi connectivity index (χ0v) is 16.9. The fraction of sp³-hybridized carbons (Fsp3) is 0.600. The largest absolute Gasteiger partial charge is 0.454 e. The molecule has 0 spiro atoms. The molecule has 2 aliphatic heterocycles. The van der Waals surface area contributed by atoms with Gasteiger partial charge in [0.25, 0.3) is 0 Å². The average Bonchev–Trinajstić information content (AvgIpc) is 3.07. The Morgan fingerprint density at radius 2 is 1.71 bits per heavy atom. The molecule has 8 nitrogen and oxygen atoms in total. The van der Waals surface area contributed by atoms with Crippen LogP contribution in [-0.4, -0.2) is 66.8 Å². The van der Waals surface area contributed by atoms with Crippen LogP contribution in [0.25, 0.3) is 0 Å². The van der Waals surface area contributed by atoms with Crippen molar-refractivity contribution in [2.75, 3.05) is 39.5 Å². The summed E-state index contributed by atoms with van der Waals surface area (Å²) in [6, 6.07) is 5.64. The van der Waals surface area contributed by atoms with Crippen molar-refractivity contribution in [3.8, 4) is 11.5 Å². The van der Waals surface area contributed by atoms with Gasteiger partial charge in [0, 0.05) is 51.2 Å². The van der Waals surface area contributed by atoms with E-state index in [1.807, 2.05) is 32.9 Å². The Morgan fingerprint density at radius 1 is 1.04 bits per heavy atom.